The van der Waals surface area contributed by atoms with Gasteiger partial charge in [0.25, 0.3) is 0 Å². The third-order valence-corrected chi connectivity index (χ3v) is 12.5. The van der Waals surface area contributed by atoms with Gasteiger partial charge in [0.2, 0.25) is 5.91 Å². The van der Waals surface area contributed by atoms with E-state index < -0.39 is 24.7 Å². The molecule has 3 heterocycles. The normalized spacial score (nSPS) is 32.1. The number of alkyl carbamates (subject to hydrolysis) is 1. The topological polar surface area (TPSA) is 113 Å². The first-order valence-electron chi connectivity index (χ1n) is 18.9. The standard InChI is InChI=1S/C31H44BN3O5.C8H17NO/c1-6-10-23-13-15-30(4,35(23)27(36)14-16-33)20-38-28(37)34-26(17-21-11-8-7-9-12-21)32-39-25-19-22-18-24(29(22,2)3)31(25,5)40-32;1-8(2,3)9-4-6-10-7-5-9/h7-9,11-12,22-26H,6,10,13-15,17-20H2,1-5H3,(H,34,37);4-7H2,1-3H3/t22?,23?,24?,25?,26?,30?,31-;/m0./s1. The maximum absolute atomic E-state index is 13.3. The van der Waals surface area contributed by atoms with Crippen molar-refractivity contribution >= 4 is 19.1 Å². The van der Waals surface area contributed by atoms with E-state index >= 15 is 0 Å². The van der Waals surface area contributed by atoms with E-state index in [1.54, 1.807) is 4.90 Å². The first kappa shape index (κ1) is 38.6. The quantitative estimate of drug-likeness (QED) is 0.306. The van der Waals surface area contributed by atoms with Crippen LogP contribution in [-0.2, 0) is 30.0 Å². The van der Waals surface area contributed by atoms with E-state index in [0.717, 1.165) is 70.4 Å². The van der Waals surface area contributed by atoms with Crippen molar-refractivity contribution in [2.75, 3.05) is 32.9 Å². The number of hydrogen-bond acceptors (Lipinski definition) is 8. The fourth-order valence-corrected chi connectivity index (χ4v) is 9.38. The second-order valence-corrected chi connectivity index (χ2v) is 17.2. The highest BCUT2D eigenvalue weighted by Crippen LogP contribution is 2.65. The van der Waals surface area contributed by atoms with Gasteiger partial charge in [-0.3, -0.25) is 9.69 Å². The lowest BCUT2D eigenvalue weighted by atomic mass is 9.43. The van der Waals surface area contributed by atoms with Gasteiger partial charge in [-0.1, -0.05) is 57.5 Å². The summed E-state index contributed by atoms with van der Waals surface area (Å²) in [6.07, 6.45) is 5.35. The second kappa shape index (κ2) is 15.5. The van der Waals surface area contributed by atoms with Crippen LogP contribution >= 0.6 is 0 Å². The van der Waals surface area contributed by atoms with Crippen LogP contribution in [0.3, 0.4) is 0 Å². The number of morpholine rings is 1. The van der Waals surface area contributed by atoms with E-state index in [4.69, 9.17) is 24.0 Å². The molecule has 6 fully saturated rings. The van der Waals surface area contributed by atoms with Crippen LogP contribution < -0.4 is 5.32 Å². The molecule has 1 aromatic rings. The molecule has 276 valence electrons. The van der Waals surface area contributed by atoms with Crippen LogP contribution in [0.4, 0.5) is 4.79 Å². The number of benzene rings is 1. The van der Waals surface area contributed by atoms with Crippen LogP contribution in [0, 0.1) is 28.6 Å². The summed E-state index contributed by atoms with van der Waals surface area (Å²) in [5, 5.41) is 12.2. The Hall–Kier alpha value is -2.65. The number of carbonyl (C=O) groups excluding carboxylic acids is 2. The maximum Gasteiger partial charge on any atom is 0.482 e. The fourth-order valence-electron chi connectivity index (χ4n) is 9.38. The molecule has 3 saturated carbocycles. The molecule has 11 heteroatoms. The Kier molecular flexibility index (Phi) is 12.0. The van der Waals surface area contributed by atoms with Crippen LogP contribution in [0.1, 0.15) is 106 Å². The zero-order valence-electron chi connectivity index (χ0n) is 31.8. The molecule has 0 radical (unpaired) electrons. The Labute approximate surface area is 301 Å². The molecule has 10 nitrogen and oxygen atoms in total. The molecule has 3 aliphatic carbocycles. The molecular weight excluding hydrogens is 631 g/mol. The maximum atomic E-state index is 13.3. The van der Waals surface area contributed by atoms with Crippen LogP contribution in [0.25, 0.3) is 0 Å². The average molecular weight is 693 g/mol. The molecule has 0 spiro atoms. The van der Waals surface area contributed by atoms with E-state index in [1.807, 2.05) is 43.3 Å². The van der Waals surface area contributed by atoms with Gasteiger partial charge in [0, 0.05) is 24.7 Å². The fraction of sp³-hybridized carbons (Fsp3) is 0.769. The van der Waals surface area contributed by atoms with Crippen LogP contribution in [0.2, 0.25) is 0 Å². The van der Waals surface area contributed by atoms with Gasteiger partial charge in [-0.25, -0.2) is 4.79 Å². The van der Waals surface area contributed by atoms with Gasteiger partial charge >= 0.3 is 13.2 Å². The minimum Gasteiger partial charge on any atom is -0.447 e. The van der Waals surface area contributed by atoms with Gasteiger partial charge in [0.15, 0.2) is 0 Å². The molecule has 50 heavy (non-hydrogen) atoms. The molecule has 1 aromatic carbocycles. The summed E-state index contributed by atoms with van der Waals surface area (Å²) in [6, 6.07) is 12.1. The van der Waals surface area contributed by atoms with Crippen LogP contribution in [0.5, 0.6) is 0 Å². The van der Waals surface area contributed by atoms with Crippen molar-refractivity contribution in [2.24, 2.45) is 17.3 Å². The Bertz CT molecular complexity index is 1360. The first-order chi connectivity index (χ1) is 23.6. The number of amides is 2. The SMILES string of the molecule is CC(C)(C)N1CCOCC1.CCCC1CCC(C)(COC(=O)NC(Cc2ccccc2)B2OC3CC4CC(C4(C)C)[C@]3(C)O2)N1C(=O)CC#N. The second-order valence-electron chi connectivity index (χ2n) is 17.2. The Morgan fingerprint density at radius 1 is 1.12 bits per heavy atom. The van der Waals surface area contributed by atoms with Crippen molar-refractivity contribution in [2.45, 2.75) is 142 Å². The molecule has 0 aromatic heterocycles. The molecule has 3 aliphatic heterocycles. The molecular formula is C39H61BN4O6. The number of nitrogens with zero attached hydrogens (tertiary/aromatic N) is 3. The summed E-state index contributed by atoms with van der Waals surface area (Å²) in [5.74, 6) is 0.433. The van der Waals surface area contributed by atoms with Crippen LogP contribution in [-0.4, -0.2) is 96.6 Å². The third kappa shape index (κ3) is 8.19. The number of carbonyl (C=O) groups is 2. The van der Waals surface area contributed by atoms with Gasteiger partial charge in [0.05, 0.1) is 42.5 Å². The third-order valence-electron chi connectivity index (χ3n) is 12.5. The Balaban J connectivity index is 0.000000418. The number of hydrogen-bond donors (Lipinski definition) is 1. The van der Waals surface area contributed by atoms with Crippen molar-refractivity contribution in [3.8, 4) is 6.07 Å². The average Bonchev–Trinajstić information content (AvgIpc) is 3.61. The Morgan fingerprint density at radius 3 is 2.42 bits per heavy atom. The lowest BCUT2D eigenvalue weighted by Crippen LogP contribution is -2.65. The number of likely N-dealkylation sites (tertiary alicyclic amines) is 1. The highest BCUT2D eigenvalue weighted by molar-refractivity contribution is 6.47. The highest BCUT2D eigenvalue weighted by atomic mass is 16.7. The largest absolute Gasteiger partial charge is 0.482 e. The van der Waals surface area contributed by atoms with Gasteiger partial charge in [-0.2, -0.15) is 5.26 Å². The minimum atomic E-state index is -0.643. The highest BCUT2D eigenvalue weighted by Gasteiger charge is 2.68. The van der Waals surface area contributed by atoms with Crippen molar-refractivity contribution in [1.29, 1.82) is 5.26 Å². The molecule has 6 unspecified atom stereocenters. The van der Waals surface area contributed by atoms with E-state index in [0.29, 0.717) is 23.8 Å². The number of nitrogens with one attached hydrogen (secondary N) is 1. The van der Waals surface area contributed by atoms with Gasteiger partial charge in [-0.15, -0.1) is 0 Å². The number of rotatable bonds is 9. The predicted octanol–water partition coefficient (Wildman–Crippen LogP) is 6.17. The molecule has 2 amide bonds. The van der Waals surface area contributed by atoms with Gasteiger partial charge < -0.3 is 29.0 Å². The van der Waals surface area contributed by atoms with Gasteiger partial charge in [-0.05, 0) is 96.0 Å². The molecule has 7 atom stereocenters. The monoisotopic (exact) mass is 692 g/mol. The molecule has 6 aliphatic rings. The zero-order chi connectivity index (χ0) is 36.3. The minimum absolute atomic E-state index is 0.0120. The molecule has 2 bridgehead atoms. The van der Waals surface area contributed by atoms with Crippen molar-refractivity contribution in [3.63, 3.8) is 0 Å². The Morgan fingerprint density at radius 2 is 1.82 bits per heavy atom. The summed E-state index contributed by atoms with van der Waals surface area (Å²) < 4.78 is 24.3. The van der Waals surface area contributed by atoms with Crippen molar-refractivity contribution in [3.05, 3.63) is 35.9 Å². The zero-order valence-corrected chi connectivity index (χ0v) is 31.8. The summed E-state index contributed by atoms with van der Waals surface area (Å²) in [7, 11) is -0.581. The van der Waals surface area contributed by atoms with Crippen molar-refractivity contribution < 1.29 is 28.4 Å². The lowest BCUT2D eigenvalue weighted by Gasteiger charge is -2.64. The van der Waals surface area contributed by atoms with E-state index in [2.05, 4.69) is 58.7 Å². The van der Waals surface area contributed by atoms with Crippen molar-refractivity contribution in [1.82, 2.24) is 15.1 Å². The molecule has 7 rings (SSSR count). The van der Waals surface area contributed by atoms with E-state index in [9.17, 15) is 9.59 Å². The summed E-state index contributed by atoms with van der Waals surface area (Å²) in [4.78, 5) is 30.4. The smallest absolute Gasteiger partial charge is 0.447 e. The lowest BCUT2D eigenvalue weighted by molar-refractivity contribution is -0.199. The van der Waals surface area contributed by atoms with E-state index in [1.165, 1.54) is 0 Å². The number of nitriles is 1. The first-order valence-corrected chi connectivity index (χ1v) is 18.9. The summed E-state index contributed by atoms with van der Waals surface area (Å²) in [5.41, 5.74) is 0.602. The molecule has 3 saturated heterocycles. The van der Waals surface area contributed by atoms with E-state index in [-0.39, 0.29) is 42.1 Å². The summed E-state index contributed by atoms with van der Waals surface area (Å²) in [6.45, 7) is 21.7. The number of ether oxygens (including phenoxy) is 2. The van der Waals surface area contributed by atoms with Gasteiger partial charge in [0.1, 0.15) is 13.0 Å². The van der Waals surface area contributed by atoms with Crippen LogP contribution in [0.15, 0.2) is 30.3 Å². The summed E-state index contributed by atoms with van der Waals surface area (Å²) >= 11 is 0. The predicted molar refractivity (Wildman–Crippen MR) is 194 cm³/mol. The molecule has 1 N–H and O–H groups in total.